The third-order valence-corrected chi connectivity index (χ3v) is 10.9. The van der Waals surface area contributed by atoms with Crippen LogP contribution in [0.2, 0.25) is 0 Å². The van der Waals surface area contributed by atoms with E-state index in [1.54, 1.807) is 6.08 Å². The highest BCUT2D eigenvalue weighted by Gasteiger charge is 2.67. The molecule has 0 unspecified atom stereocenters. The second-order valence-corrected chi connectivity index (χ2v) is 13.0. The zero-order valence-electron chi connectivity index (χ0n) is 20.4. The summed E-state index contributed by atoms with van der Waals surface area (Å²) in [4.78, 5) is 13.3. The summed E-state index contributed by atoms with van der Waals surface area (Å²) >= 11 is 0. The van der Waals surface area contributed by atoms with E-state index in [9.17, 15) is 20.1 Å². The van der Waals surface area contributed by atoms with E-state index in [2.05, 4.69) is 34.6 Å². The van der Waals surface area contributed by atoms with Crippen molar-refractivity contribution in [1.82, 2.24) is 0 Å². The van der Waals surface area contributed by atoms with Crippen LogP contribution in [0.4, 0.5) is 0 Å². The summed E-state index contributed by atoms with van der Waals surface area (Å²) in [5.41, 5.74) is -0.810. The van der Waals surface area contributed by atoms with Gasteiger partial charge in [-0.1, -0.05) is 20.8 Å². The molecule has 0 bridgehead atoms. The lowest BCUT2D eigenvalue weighted by Crippen LogP contribution is -2.61. The number of aliphatic hydroxyl groups excluding tert-OH is 2. The molecule has 0 aromatic rings. The minimum Gasteiger partial charge on any atom is -0.390 e. The fraction of sp³-hybridized carbons (Fsp3) is 0.889. The molecule has 1 aliphatic heterocycles. The van der Waals surface area contributed by atoms with E-state index in [-0.39, 0.29) is 34.7 Å². The van der Waals surface area contributed by atoms with Crippen molar-refractivity contribution in [1.29, 1.82) is 0 Å². The number of ether oxygens (including phenoxy) is 1. The standard InChI is InChI=1S/C27H42O5/c1-15(23-8-9-24(2,3)32-23)16-7-11-27(31)18-12-20(28)19-13-21(29)22(30)14-25(19,4)17(18)6-10-26(16,27)5/h12,15-17,19,21-23,29-31H,6-11,13-14H2,1-5H3/t15-,16+,17-,19-,21+,22-,23-,25+,26+,27+/m0/s1. The Bertz CT molecular complexity index is 834. The maximum absolute atomic E-state index is 13.3. The maximum atomic E-state index is 13.3. The van der Waals surface area contributed by atoms with Crippen molar-refractivity contribution in [3.05, 3.63) is 11.6 Å². The SMILES string of the molecule is C[C@H]([C@@H]1CCC(C)(C)O1)[C@H]1CC[C@@]2(O)C3=CC(=O)[C@@H]4C[C@@H](O)[C@@H](O)C[C@]4(C)[C@H]3CC[C@]12C. The Morgan fingerprint density at radius 3 is 2.38 bits per heavy atom. The second-order valence-electron chi connectivity index (χ2n) is 13.0. The highest BCUT2D eigenvalue weighted by molar-refractivity contribution is 5.95. The minimum atomic E-state index is -0.979. The molecule has 0 aromatic heterocycles. The predicted molar refractivity (Wildman–Crippen MR) is 122 cm³/mol. The molecule has 5 rings (SSSR count). The molecule has 180 valence electrons. The Kier molecular flexibility index (Phi) is 5.13. The molecular formula is C27H42O5. The molecule has 0 amide bonds. The largest absolute Gasteiger partial charge is 0.390 e. The van der Waals surface area contributed by atoms with Gasteiger partial charge in [-0.25, -0.2) is 0 Å². The summed E-state index contributed by atoms with van der Waals surface area (Å²) in [5.74, 6) is 0.559. The van der Waals surface area contributed by atoms with Crippen LogP contribution in [0, 0.1) is 34.5 Å². The second kappa shape index (κ2) is 7.13. The first-order chi connectivity index (χ1) is 14.8. The van der Waals surface area contributed by atoms with E-state index in [0.717, 1.165) is 37.7 Å². The summed E-state index contributed by atoms with van der Waals surface area (Å²) in [6, 6.07) is 0. The van der Waals surface area contributed by atoms with Gasteiger partial charge in [0, 0.05) is 11.3 Å². The molecule has 0 aromatic carbocycles. The van der Waals surface area contributed by atoms with Gasteiger partial charge < -0.3 is 20.1 Å². The van der Waals surface area contributed by atoms with Crippen molar-refractivity contribution < 1.29 is 24.9 Å². The van der Waals surface area contributed by atoms with Crippen LogP contribution in [0.5, 0.6) is 0 Å². The molecule has 4 aliphatic carbocycles. The lowest BCUT2D eigenvalue weighted by atomic mass is 9.46. The highest BCUT2D eigenvalue weighted by atomic mass is 16.5. The van der Waals surface area contributed by atoms with Gasteiger partial charge in [0.15, 0.2) is 5.78 Å². The van der Waals surface area contributed by atoms with Crippen molar-refractivity contribution in [3.8, 4) is 0 Å². The first-order valence-electron chi connectivity index (χ1n) is 12.8. The van der Waals surface area contributed by atoms with E-state index < -0.39 is 23.2 Å². The zero-order valence-corrected chi connectivity index (χ0v) is 20.4. The molecule has 5 nitrogen and oxygen atoms in total. The Balaban J connectivity index is 1.48. The van der Waals surface area contributed by atoms with Crippen molar-refractivity contribution in [2.45, 2.75) is 115 Å². The van der Waals surface area contributed by atoms with Gasteiger partial charge in [0.1, 0.15) is 0 Å². The molecule has 0 radical (unpaired) electrons. The third kappa shape index (κ3) is 3.00. The van der Waals surface area contributed by atoms with Crippen LogP contribution in [0.15, 0.2) is 11.6 Å². The van der Waals surface area contributed by atoms with Crippen molar-refractivity contribution in [2.24, 2.45) is 34.5 Å². The molecule has 5 heteroatoms. The highest BCUT2D eigenvalue weighted by Crippen LogP contribution is 2.68. The Morgan fingerprint density at radius 1 is 1.00 bits per heavy atom. The van der Waals surface area contributed by atoms with E-state index in [0.29, 0.717) is 31.1 Å². The fourth-order valence-electron chi connectivity index (χ4n) is 8.90. The number of carbonyl (C=O) groups is 1. The topological polar surface area (TPSA) is 87.0 Å². The van der Waals surface area contributed by atoms with Crippen LogP contribution in [0.3, 0.4) is 0 Å². The van der Waals surface area contributed by atoms with Gasteiger partial charge in [0.25, 0.3) is 0 Å². The number of hydrogen-bond acceptors (Lipinski definition) is 5. The molecule has 5 aliphatic rings. The molecular weight excluding hydrogens is 404 g/mol. The molecule has 4 fully saturated rings. The molecule has 0 spiro atoms. The smallest absolute Gasteiger partial charge is 0.159 e. The fourth-order valence-corrected chi connectivity index (χ4v) is 8.90. The van der Waals surface area contributed by atoms with Gasteiger partial charge in [-0.15, -0.1) is 0 Å². The summed E-state index contributed by atoms with van der Waals surface area (Å²) in [6.07, 6.45) is 6.72. The molecule has 1 saturated heterocycles. The normalized spacial score (nSPS) is 53.2. The Morgan fingerprint density at radius 2 is 1.72 bits per heavy atom. The summed E-state index contributed by atoms with van der Waals surface area (Å²) in [6.45, 7) is 11.0. The number of ketones is 1. The van der Waals surface area contributed by atoms with Crippen molar-refractivity contribution >= 4 is 5.78 Å². The lowest BCUT2D eigenvalue weighted by Gasteiger charge is -2.60. The van der Waals surface area contributed by atoms with Gasteiger partial charge >= 0.3 is 0 Å². The lowest BCUT2D eigenvalue weighted by molar-refractivity contribution is -0.155. The van der Waals surface area contributed by atoms with E-state index >= 15 is 0 Å². The number of carbonyl (C=O) groups excluding carboxylic acids is 1. The van der Waals surface area contributed by atoms with Crippen molar-refractivity contribution in [3.63, 3.8) is 0 Å². The first kappa shape index (κ1) is 23.0. The monoisotopic (exact) mass is 446 g/mol. The molecule has 3 N–H and O–H groups in total. The van der Waals surface area contributed by atoms with Crippen molar-refractivity contribution in [2.75, 3.05) is 0 Å². The number of allylic oxidation sites excluding steroid dienone is 1. The molecule has 32 heavy (non-hydrogen) atoms. The van der Waals surface area contributed by atoms with Crippen LogP contribution in [-0.2, 0) is 9.53 Å². The van der Waals surface area contributed by atoms with Gasteiger partial charge in [0.05, 0.1) is 29.5 Å². The zero-order chi connectivity index (χ0) is 23.3. The average Bonchev–Trinajstić information content (AvgIpc) is 3.20. The van der Waals surface area contributed by atoms with E-state index in [1.165, 1.54) is 0 Å². The Labute approximate surface area is 192 Å². The van der Waals surface area contributed by atoms with Crippen LogP contribution < -0.4 is 0 Å². The first-order valence-corrected chi connectivity index (χ1v) is 12.8. The predicted octanol–water partition coefficient (Wildman–Crippen LogP) is 3.78. The van der Waals surface area contributed by atoms with Gasteiger partial charge in [-0.2, -0.15) is 0 Å². The molecule has 1 heterocycles. The van der Waals surface area contributed by atoms with Crippen LogP contribution >= 0.6 is 0 Å². The van der Waals surface area contributed by atoms with Crippen LogP contribution in [-0.4, -0.2) is 50.6 Å². The number of rotatable bonds is 2. The van der Waals surface area contributed by atoms with E-state index in [1.807, 2.05) is 0 Å². The van der Waals surface area contributed by atoms with Crippen LogP contribution in [0.25, 0.3) is 0 Å². The maximum Gasteiger partial charge on any atom is 0.159 e. The van der Waals surface area contributed by atoms with Gasteiger partial charge in [0.2, 0.25) is 0 Å². The quantitative estimate of drug-likeness (QED) is 0.601. The molecule has 10 atom stereocenters. The minimum absolute atomic E-state index is 0.0275. The third-order valence-electron chi connectivity index (χ3n) is 10.9. The van der Waals surface area contributed by atoms with Gasteiger partial charge in [-0.05, 0) is 100 Å². The average molecular weight is 447 g/mol. The number of fused-ring (bicyclic) bond motifs is 5. The Hall–Kier alpha value is -0.750. The summed E-state index contributed by atoms with van der Waals surface area (Å²) in [7, 11) is 0. The number of hydrogen-bond donors (Lipinski definition) is 3. The molecule has 3 saturated carbocycles. The van der Waals surface area contributed by atoms with Crippen LogP contribution in [0.1, 0.15) is 86.0 Å². The number of aliphatic hydroxyl groups is 3. The summed E-state index contributed by atoms with van der Waals surface area (Å²) in [5, 5.41) is 33.0. The van der Waals surface area contributed by atoms with Gasteiger partial charge in [-0.3, -0.25) is 4.79 Å². The van der Waals surface area contributed by atoms with E-state index in [4.69, 9.17) is 4.74 Å². The summed E-state index contributed by atoms with van der Waals surface area (Å²) < 4.78 is 6.41.